The van der Waals surface area contributed by atoms with Gasteiger partial charge >= 0.3 is 0 Å². The predicted molar refractivity (Wildman–Crippen MR) is 64.6 cm³/mol. The molecule has 0 aliphatic heterocycles. The number of hydrogen-bond donors (Lipinski definition) is 1. The molecule has 0 spiro atoms. The fourth-order valence-electron chi connectivity index (χ4n) is 1.23. The van der Waals surface area contributed by atoms with Crippen molar-refractivity contribution >= 4 is 34.5 Å². The molecule has 78 valence electrons. The van der Waals surface area contributed by atoms with Gasteiger partial charge in [-0.15, -0.1) is 11.3 Å². The smallest absolute Gasteiger partial charge is 0.0835 e. The summed E-state index contributed by atoms with van der Waals surface area (Å²) >= 11 is 13.3. The van der Waals surface area contributed by atoms with Gasteiger partial charge in [0.05, 0.1) is 21.8 Å². The third-order valence-corrected chi connectivity index (χ3v) is 3.66. The maximum atomic E-state index is 6.03. The molecule has 0 aliphatic carbocycles. The predicted octanol–water partition coefficient (Wildman–Crippen LogP) is 3.50. The van der Waals surface area contributed by atoms with E-state index in [-0.39, 0.29) is 6.04 Å². The van der Waals surface area contributed by atoms with Gasteiger partial charge in [0.2, 0.25) is 0 Å². The minimum Gasteiger partial charge on any atom is -0.318 e. The Bertz CT molecular complexity index is 453. The second-order valence-corrected chi connectivity index (χ2v) is 4.80. The zero-order valence-corrected chi connectivity index (χ0v) is 9.98. The van der Waals surface area contributed by atoms with Gasteiger partial charge in [-0.05, 0) is 23.6 Å². The van der Waals surface area contributed by atoms with Crippen molar-refractivity contribution in [3.05, 3.63) is 50.4 Å². The highest BCUT2D eigenvalue weighted by Gasteiger charge is 2.14. The molecule has 0 bridgehead atoms. The Balaban J connectivity index is 2.32. The maximum absolute atomic E-state index is 6.03. The number of pyridine rings is 1. The van der Waals surface area contributed by atoms with E-state index in [1.807, 2.05) is 17.5 Å². The molecule has 0 aliphatic rings. The lowest BCUT2D eigenvalue weighted by molar-refractivity contribution is 0.847. The molecule has 0 amide bonds. The van der Waals surface area contributed by atoms with Crippen molar-refractivity contribution < 1.29 is 0 Å². The van der Waals surface area contributed by atoms with Crippen LogP contribution in [0.3, 0.4) is 0 Å². The quantitative estimate of drug-likeness (QED) is 0.896. The molecule has 2 N–H and O–H groups in total. The Morgan fingerprint density at radius 3 is 2.60 bits per heavy atom. The zero-order chi connectivity index (χ0) is 10.8. The number of thiophene rings is 1. The van der Waals surface area contributed by atoms with Crippen LogP contribution in [0.1, 0.15) is 16.6 Å². The third-order valence-electron chi connectivity index (χ3n) is 2.00. The minimum atomic E-state index is -0.283. The van der Waals surface area contributed by atoms with Crippen molar-refractivity contribution in [3.8, 4) is 0 Å². The minimum absolute atomic E-state index is 0.283. The Morgan fingerprint density at radius 1 is 1.27 bits per heavy atom. The Morgan fingerprint density at radius 2 is 2.07 bits per heavy atom. The summed E-state index contributed by atoms with van der Waals surface area (Å²) in [5.74, 6) is 0. The topological polar surface area (TPSA) is 38.9 Å². The van der Waals surface area contributed by atoms with E-state index in [0.717, 1.165) is 10.6 Å². The van der Waals surface area contributed by atoms with Gasteiger partial charge < -0.3 is 5.73 Å². The van der Waals surface area contributed by atoms with Crippen LogP contribution in [-0.4, -0.2) is 4.98 Å². The lowest BCUT2D eigenvalue weighted by Crippen LogP contribution is -2.12. The first-order valence-corrected chi connectivity index (χ1v) is 5.92. The van der Waals surface area contributed by atoms with E-state index in [9.17, 15) is 0 Å². The van der Waals surface area contributed by atoms with Gasteiger partial charge in [0.1, 0.15) is 0 Å². The number of halogens is 2. The molecule has 0 saturated carbocycles. The lowest BCUT2D eigenvalue weighted by atomic mass is 10.1. The van der Waals surface area contributed by atoms with E-state index >= 15 is 0 Å². The zero-order valence-electron chi connectivity index (χ0n) is 7.65. The van der Waals surface area contributed by atoms with Crippen LogP contribution in [-0.2, 0) is 0 Å². The highest BCUT2D eigenvalue weighted by molar-refractivity contribution is 7.10. The highest BCUT2D eigenvalue weighted by atomic mass is 35.5. The van der Waals surface area contributed by atoms with Gasteiger partial charge in [0.15, 0.2) is 0 Å². The second-order valence-electron chi connectivity index (χ2n) is 3.01. The average Bonchev–Trinajstić information content (AvgIpc) is 2.65. The molecule has 0 saturated heterocycles. The normalized spacial score (nSPS) is 12.7. The molecule has 2 rings (SSSR count). The van der Waals surface area contributed by atoms with Crippen molar-refractivity contribution in [1.82, 2.24) is 4.98 Å². The number of nitrogens with zero attached hydrogens (tertiary/aromatic N) is 1. The summed E-state index contributed by atoms with van der Waals surface area (Å²) in [6.07, 6.45) is 1.58. The fraction of sp³-hybridized carbons (Fsp3) is 0.100. The summed E-state index contributed by atoms with van der Waals surface area (Å²) in [6, 6.07) is 5.13. The van der Waals surface area contributed by atoms with Crippen molar-refractivity contribution in [3.63, 3.8) is 0 Å². The molecular weight excluding hydrogens is 251 g/mol. The molecule has 2 heterocycles. The Labute approximate surface area is 102 Å². The molecule has 0 aromatic carbocycles. The number of hydrogen-bond acceptors (Lipinski definition) is 3. The molecular formula is C10H8Cl2N2S. The van der Waals surface area contributed by atoms with E-state index in [1.54, 1.807) is 12.3 Å². The first kappa shape index (κ1) is 10.9. The molecule has 0 fully saturated rings. The standard InChI is InChI=1S/C10H8Cl2N2S/c11-6-1-2-8(14-5-6)9(13)10-7(12)3-4-15-10/h1-5,9H,13H2. The van der Waals surface area contributed by atoms with Crippen molar-refractivity contribution in [2.24, 2.45) is 5.73 Å². The van der Waals surface area contributed by atoms with Crippen LogP contribution < -0.4 is 5.73 Å². The summed E-state index contributed by atoms with van der Waals surface area (Å²) in [7, 11) is 0. The molecule has 1 atom stereocenters. The van der Waals surface area contributed by atoms with Crippen LogP contribution in [0.4, 0.5) is 0 Å². The van der Waals surface area contributed by atoms with Crippen LogP contribution in [0.5, 0.6) is 0 Å². The van der Waals surface area contributed by atoms with Crippen LogP contribution in [0.15, 0.2) is 29.8 Å². The molecule has 2 aromatic heterocycles. The van der Waals surface area contributed by atoms with E-state index < -0.39 is 0 Å². The first-order chi connectivity index (χ1) is 7.18. The van der Waals surface area contributed by atoms with Gasteiger partial charge in [-0.1, -0.05) is 23.2 Å². The van der Waals surface area contributed by atoms with Crippen molar-refractivity contribution in [2.75, 3.05) is 0 Å². The average molecular weight is 259 g/mol. The number of nitrogens with two attached hydrogens (primary N) is 1. The van der Waals surface area contributed by atoms with Crippen LogP contribution >= 0.6 is 34.5 Å². The number of rotatable bonds is 2. The van der Waals surface area contributed by atoms with Gasteiger partial charge in [-0.2, -0.15) is 0 Å². The maximum Gasteiger partial charge on any atom is 0.0835 e. The molecule has 2 aromatic rings. The summed E-state index contributed by atoms with van der Waals surface area (Å²) in [6.45, 7) is 0. The monoisotopic (exact) mass is 258 g/mol. The molecule has 0 radical (unpaired) electrons. The second kappa shape index (κ2) is 4.49. The van der Waals surface area contributed by atoms with Gasteiger partial charge in [0, 0.05) is 11.1 Å². The largest absolute Gasteiger partial charge is 0.318 e. The van der Waals surface area contributed by atoms with Crippen LogP contribution in [0.25, 0.3) is 0 Å². The molecule has 5 heteroatoms. The molecule has 15 heavy (non-hydrogen) atoms. The third kappa shape index (κ3) is 2.32. The van der Waals surface area contributed by atoms with Gasteiger partial charge in [0.25, 0.3) is 0 Å². The molecule has 1 unspecified atom stereocenters. The molecule has 2 nitrogen and oxygen atoms in total. The van der Waals surface area contributed by atoms with E-state index in [0.29, 0.717) is 10.0 Å². The van der Waals surface area contributed by atoms with Gasteiger partial charge in [-0.3, -0.25) is 4.98 Å². The van der Waals surface area contributed by atoms with Crippen molar-refractivity contribution in [2.45, 2.75) is 6.04 Å². The van der Waals surface area contributed by atoms with E-state index in [4.69, 9.17) is 28.9 Å². The summed E-state index contributed by atoms with van der Waals surface area (Å²) < 4.78 is 0. The van der Waals surface area contributed by atoms with E-state index in [2.05, 4.69) is 4.98 Å². The number of aromatic nitrogens is 1. The van der Waals surface area contributed by atoms with Crippen molar-refractivity contribution in [1.29, 1.82) is 0 Å². The summed E-state index contributed by atoms with van der Waals surface area (Å²) in [5.41, 5.74) is 6.80. The highest BCUT2D eigenvalue weighted by Crippen LogP contribution is 2.30. The lowest BCUT2D eigenvalue weighted by Gasteiger charge is -2.09. The Kier molecular flexibility index (Phi) is 3.26. The SMILES string of the molecule is NC(c1ccc(Cl)cn1)c1sccc1Cl. The van der Waals surface area contributed by atoms with Crippen LogP contribution in [0, 0.1) is 0 Å². The Hall–Kier alpha value is -0.610. The summed E-state index contributed by atoms with van der Waals surface area (Å²) in [4.78, 5) is 5.09. The fourth-order valence-corrected chi connectivity index (χ4v) is 2.53. The van der Waals surface area contributed by atoms with E-state index in [1.165, 1.54) is 11.3 Å². The summed E-state index contributed by atoms with van der Waals surface area (Å²) in [5, 5.41) is 3.19. The van der Waals surface area contributed by atoms with Crippen LogP contribution in [0.2, 0.25) is 10.0 Å². The van der Waals surface area contributed by atoms with Gasteiger partial charge in [-0.25, -0.2) is 0 Å². The first-order valence-electron chi connectivity index (χ1n) is 4.28.